The molecule has 0 heteroatoms. The topological polar surface area (TPSA) is 0 Å². The van der Waals surface area contributed by atoms with Gasteiger partial charge in [0.1, 0.15) is 0 Å². The molecule has 0 radical (unpaired) electrons. The predicted molar refractivity (Wildman–Crippen MR) is 190 cm³/mol. The second-order valence-corrected chi connectivity index (χ2v) is 11.0. The lowest BCUT2D eigenvalue weighted by Gasteiger charge is -2.18. The van der Waals surface area contributed by atoms with Crippen LogP contribution in [0.1, 0.15) is 11.0 Å². The summed E-state index contributed by atoms with van der Waals surface area (Å²) in [6.45, 7) is 0. The van der Waals surface area contributed by atoms with Crippen LogP contribution in [0.2, 0.25) is 0 Å². The average Bonchev–Trinajstić information content (AvgIpc) is 3.19. The molecule has 44 heavy (non-hydrogen) atoms. The van der Waals surface area contributed by atoms with Crippen molar-refractivity contribution in [3.05, 3.63) is 170 Å². The summed E-state index contributed by atoms with van der Waals surface area (Å²) in [6.07, 6.45) is 0. The third-order valence-corrected chi connectivity index (χ3v) is 8.67. The first-order chi connectivity index (χ1) is 25.2. The minimum Gasteiger partial charge on any atom is -0.0622 e. The van der Waals surface area contributed by atoms with Crippen molar-refractivity contribution in [2.75, 3.05) is 0 Å². The lowest BCUT2D eigenvalue weighted by atomic mass is 9.85. The Morgan fingerprint density at radius 2 is 0.750 bits per heavy atom. The molecule has 0 aromatic heterocycles. The van der Waals surface area contributed by atoms with E-state index in [1.807, 2.05) is 54.6 Å². The van der Waals surface area contributed by atoms with E-state index in [1.165, 1.54) is 0 Å². The van der Waals surface area contributed by atoms with Crippen molar-refractivity contribution in [2.45, 2.75) is 0 Å². The van der Waals surface area contributed by atoms with E-state index in [-0.39, 0.29) is 45.7 Å². The molecule has 0 aliphatic carbocycles. The van der Waals surface area contributed by atoms with Gasteiger partial charge in [0.2, 0.25) is 0 Å². The summed E-state index contributed by atoms with van der Waals surface area (Å²) in [4.78, 5) is 0. The SMILES string of the molecule is [2H]c1c([2H])c([2H])c2c(-c3ccc(-c4c5ccccc5cc5c4ccc4ccccc45)cc3)c3c([2H])c([2H])c([2H])c([2H])c3c(-c3ccccc3)c2c1[2H]. The highest BCUT2D eigenvalue weighted by atomic mass is 14.2. The quantitative estimate of drug-likeness (QED) is 0.148. The Balaban J connectivity index is 1.41. The van der Waals surface area contributed by atoms with Crippen molar-refractivity contribution in [3.8, 4) is 33.4 Å². The third kappa shape index (κ3) is 3.78. The van der Waals surface area contributed by atoms with Crippen LogP contribution >= 0.6 is 0 Å². The van der Waals surface area contributed by atoms with Gasteiger partial charge in [0.15, 0.2) is 0 Å². The number of benzene rings is 9. The largest absolute Gasteiger partial charge is 0.0629 e. The van der Waals surface area contributed by atoms with Crippen molar-refractivity contribution in [2.24, 2.45) is 0 Å². The number of fused-ring (bicyclic) bond motifs is 6. The monoisotopic (exact) mass is 564 g/mol. The molecule has 0 atom stereocenters. The molecule has 9 rings (SSSR count). The predicted octanol–water partition coefficient (Wildman–Crippen LogP) is 12.5. The van der Waals surface area contributed by atoms with E-state index in [4.69, 9.17) is 8.22 Å². The average molecular weight is 565 g/mol. The van der Waals surface area contributed by atoms with Crippen LogP contribution in [0.25, 0.3) is 87.2 Å². The Morgan fingerprint density at radius 1 is 0.295 bits per heavy atom. The van der Waals surface area contributed by atoms with Crippen molar-refractivity contribution in [3.63, 3.8) is 0 Å². The summed E-state index contributed by atoms with van der Waals surface area (Å²) in [5, 5.41) is 7.56. The van der Waals surface area contributed by atoms with Gasteiger partial charge in [0.05, 0.1) is 11.0 Å². The fraction of sp³-hybridized carbons (Fsp3) is 0. The first kappa shape index (κ1) is 18.1. The van der Waals surface area contributed by atoms with E-state index in [0.717, 1.165) is 43.4 Å². The number of rotatable bonds is 3. The Kier molecular flexibility index (Phi) is 4.08. The van der Waals surface area contributed by atoms with Gasteiger partial charge in [0, 0.05) is 0 Å². The van der Waals surface area contributed by atoms with Gasteiger partial charge in [-0.3, -0.25) is 0 Å². The van der Waals surface area contributed by atoms with Gasteiger partial charge >= 0.3 is 0 Å². The Morgan fingerprint density at radius 3 is 1.34 bits per heavy atom. The number of hydrogen-bond acceptors (Lipinski definition) is 0. The second-order valence-electron chi connectivity index (χ2n) is 11.0. The zero-order valence-corrected chi connectivity index (χ0v) is 23.5. The summed E-state index contributed by atoms with van der Waals surface area (Å²) in [5.74, 6) is 0. The van der Waals surface area contributed by atoms with Crippen molar-refractivity contribution in [1.29, 1.82) is 0 Å². The minimum absolute atomic E-state index is 0.206. The standard InChI is InChI=1S/C44H28/c1-2-13-30(14-3-1)43-36-18-8-10-20-38(36)44(39-21-11-9-19-37(39)43)32-24-22-31(23-25-32)42-35-17-7-5-15-33(35)28-41-34-16-6-4-12-29(34)26-27-40(41)42/h1-28H/i8D,9D,10D,11D,18D,19D,20D,21D. The van der Waals surface area contributed by atoms with Crippen LogP contribution in [0.5, 0.6) is 0 Å². The van der Waals surface area contributed by atoms with Gasteiger partial charge in [-0.25, -0.2) is 0 Å². The molecule has 0 fully saturated rings. The minimum atomic E-state index is -0.413. The molecule has 0 saturated heterocycles. The maximum Gasteiger partial charge on any atom is 0.0629 e. The zero-order chi connectivity index (χ0) is 36.0. The van der Waals surface area contributed by atoms with Crippen molar-refractivity contribution < 1.29 is 11.0 Å². The number of hydrogen-bond donors (Lipinski definition) is 0. The van der Waals surface area contributed by atoms with Crippen LogP contribution in [-0.4, -0.2) is 0 Å². The zero-order valence-electron chi connectivity index (χ0n) is 31.5. The lowest BCUT2D eigenvalue weighted by molar-refractivity contribution is 1.64. The highest BCUT2D eigenvalue weighted by Crippen LogP contribution is 2.45. The molecular weight excluding hydrogens is 528 g/mol. The Hall–Kier alpha value is -5.72. The van der Waals surface area contributed by atoms with E-state index < -0.39 is 24.2 Å². The molecule has 9 aromatic rings. The molecule has 0 saturated carbocycles. The molecular formula is C44H28. The highest BCUT2D eigenvalue weighted by molar-refractivity contribution is 6.22. The van der Waals surface area contributed by atoms with E-state index in [1.54, 1.807) is 24.3 Å². The third-order valence-electron chi connectivity index (χ3n) is 8.67. The summed E-state index contributed by atoms with van der Waals surface area (Å²) in [5.41, 5.74) is 3.85. The molecule has 0 N–H and O–H groups in total. The van der Waals surface area contributed by atoms with Gasteiger partial charge in [-0.1, -0.05) is 164 Å². The van der Waals surface area contributed by atoms with Crippen LogP contribution in [0.15, 0.2) is 170 Å². The smallest absolute Gasteiger partial charge is 0.0622 e. The molecule has 0 aliphatic rings. The summed E-state index contributed by atoms with van der Waals surface area (Å²) < 4.78 is 71.4. The van der Waals surface area contributed by atoms with Crippen molar-refractivity contribution >= 4 is 53.9 Å². The fourth-order valence-corrected chi connectivity index (χ4v) is 6.74. The maximum atomic E-state index is 9.21. The summed E-state index contributed by atoms with van der Waals surface area (Å²) in [6, 6.07) is 37.2. The van der Waals surface area contributed by atoms with E-state index in [0.29, 0.717) is 22.3 Å². The maximum absolute atomic E-state index is 9.21. The van der Waals surface area contributed by atoms with Gasteiger partial charge in [0.25, 0.3) is 0 Å². The molecule has 0 unspecified atom stereocenters. The molecule has 9 aromatic carbocycles. The summed E-state index contributed by atoms with van der Waals surface area (Å²) >= 11 is 0. The molecule has 0 spiro atoms. The van der Waals surface area contributed by atoms with Gasteiger partial charge in [-0.05, 0) is 93.3 Å². The lowest BCUT2D eigenvalue weighted by Crippen LogP contribution is -1.91. The van der Waals surface area contributed by atoms with Crippen molar-refractivity contribution in [1.82, 2.24) is 0 Å². The molecule has 204 valence electrons. The van der Waals surface area contributed by atoms with Crippen LogP contribution in [0.3, 0.4) is 0 Å². The molecule has 0 amide bonds. The normalized spacial score (nSPS) is 14.2. The highest BCUT2D eigenvalue weighted by Gasteiger charge is 2.17. The first-order valence-corrected chi connectivity index (χ1v) is 14.6. The van der Waals surface area contributed by atoms with E-state index in [9.17, 15) is 2.74 Å². The van der Waals surface area contributed by atoms with Crippen LogP contribution in [0.4, 0.5) is 0 Å². The van der Waals surface area contributed by atoms with Gasteiger partial charge in [-0.15, -0.1) is 0 Å². The van der Waals surface area contributed by atoms with Gasteiger partial charge in [-0.2, -0.15) is 0 Å². The van der Waals surface area contributed by atoms with E-state index in [2.05, 4.69) is 42.5 Å². The molecule has 0 heterocycles. The van der Waals surface area contributed by atoms with Crippen LogP contribution in [-0.2, 0) is 0 Å². The first-order valence-electron chi connectivity index (χ1n) is 18.6. The second kappa shape index (κ2) is 9.93. The molecule has 0 nitrogen and oxygen atoms in total. The molecule has 0 aliphatic heterocycles. The fourth-order valence-electron chi connectivity index (χ4n) is 6.74. The van der Waals surface area contributed by atoms with Gasteiger partial charge < -0.3 is 0 Å². The Labute approximate surface area is 267 Å². The summed E-state index contributed by atoms with van der Waals surface area (Å²) in [7, 11) is 0. The molecule has 0 bridgehead atoms. The van der Waals surface area contributed by atoms with Crippen LogP contribution in [0, 0.1) is 0 Å². The van der Waals surface area contributed by atoms with Crippen LogP contribution < -0.4 is 0 Å². The van der Waals surface area contributed by atoms with E-state index >= 15 is 0 Å². The Bertz CT molecular complexity index is 2890.